The summed E-state index contributed by atoms with van der Waals surface area (Å²) in [5.41, 5.74) is 1.76. The molecule has 0 heterocycles. The van der Waals surface area contributed by atoms with Crippen molar-refractivity contribution < 1.29 is 18.8 Å². The second-order valence-corrected chi connectivity index (χ2v) is 5.26. The van der Waals surface area contributed by atoms with E-state index in [0.717, 1.165) is 0 Å². The van der Waals surface area contributed by atoms with Crippen LogP contribution in [0.4, 0.5) is 10.1 Å². The van der Waals surface area contributed by atoms with E-state index in [-0.39, 0.29) is 36.4 Å². The van der Waals surface area contributed by atoms with Gasteiger partial charge in [0.05, 0.1) is 13.0 Å². The molecule has 0 bridgehead atoms. The minimum absolute atomic E-state index is 0.0547. The Morgan fingerprint density at radius 1 is 0.917 bits per heavy atom. The quantitative estimate of drug-likeness (QED) is 0.799. The van der Waals surface area contributed by atoms with Crippen LogP contribution in [0, 0.1) is 5.82 Å². The van der Waals surface area contributed by atoms with Crippen LogP contribution >= 0.6 is 0 Å². The summed E-state index contributed by atoms with van der Waals surface area (Å²) in [6.07, 6.45) is 0.0703. The molecule has 0 spiro atoms. The lowest BCUT2D eigenvalue weighted by molar-refractivity contribution is -0.123. The molecule has 5 nitrogen and oxygen atoms in total. The molecule has 0 fully saturated rings. The highest BCUT2D eigenvalue weighted by Crippen LogP contribution is 2.09. The van der Waals surface area contributed by atoms with Gasteiger partial charge in [0.1, 0.15) is 5.82 Å². The van der Waals surface area contributed by atoms with Crippen molar-refractivity contribution in [2.45, 2.75) is 13.3 Å². The van der Waals surface area contributed by atoms with Crippen molar-refractivity contribution in [3.8, 4) is 0 Å². The first-order valence-electron chi connectivity index (χ1n) is 7.36. The molecule has 24 heavy (non-hydrogen) atoms. The van der Waals surface area contributed by atoms with Crippen LogP contribution in [0.25, 0.3) is 0 Å². The van der Waals surface area contributed by atoms with Crippen LogP contribution in [-0.2, 0) is 16.0 Å². The Kier molecular flexibility index (Phi) is 5.78. The molecule has 0 aliphatic rings. The zero-order valence-corrected chi connectivity index (χ0v) is 13.1. The highest BCUT2D eigenvalue weighted by Gasteiger charge is 2.07. The predicted molar refractivity (Wildman–Crippen MR) is 88.2 cm³/mol. The van der Waals surface area contributed by atoms with E-state index in [2.05, 4.69) is 10.6 Å². The Labute approximate surface area is 138 Å². The van der Waals surface area contributed by atoms with Crippen molar-refractivity contribution in [3.05, 3.63) is 65.5 Å². The molecular formula is C18H17FN2O3. The lowest BCUT2D eigenvalue weighted by Crippen LogP contribution is -2.33. The number of carbonyl (C=O) groups is 3. The van der Waals surface area contributed by atoms with Crippen molar-refractivity contribution in [3.63, 3.8) is 0 Å². The number of anilines is 1. The smallest absolute Gasteiger partial charge is 0.243 e. The molecule has 0 saturated heterocycles. The number of hydrogen-bond donors (Lipinski definition) is 2. The van der Waals surface area contributed by atoms with E-state index in [9.17, 15) is 18.8 Å². The number of hydrogen-bond acceptors (Lipinski definition) is 3. The first-order valence-corrected chi connectivity index (χ1v) is 7.36. The number of ketones is 1. The minimum Gasteiger partial charge on any atom is -0.347 e. The molecule has 0 aromatic heterocycles. The van der Waals surface area contributed by atoms with Crippen LogP contribution in [0.3, 0.4) is 0 Å². The molecule has 2 N–H and O–H groups in total. The van der Waals surface area contributed by atoms with Crippen molar-refractivity contribution in [2.75, 3.05) is 11.9 Å². The summed E-state index contributed by atoms with van der Waals surface area (Å²) in [6.45, 7) is 1.29. The van der Waals surface area contributed by atoms with Crippen LogP contribution in [0.1, 0.15) is 22.8 Å². The number of benzene rings is 2. The first kappa shape index (κ1) is 17.3. The third-order valence-electron chi connectivity index (χ3n) is 3.30. The lowest BCUT2D eigenvalue weighted by atomic mass is 10.1. The fraction of sp³-hybridized carbons (Fsp3) is 0.167. The number of nitrogens with one attached hydrogen (secondary N) is 2. The second kappa shape index (κ2) is 8.01. The molecule has 2 aromatic rings. The largest absolute Gasteiger partial charge is 0.347 e. The third-order valence-corrected chi connectivity index (χ3v) is 3.30. The zero-order chi connectivity index (χ0) is 17.5. The number of carbonyl (C=O) groups excluding carboxylic acids is 3. The van der Waals surface area contributed by atoms with Gasteiger partial charge in [-0.25, -0.2) is 4.39 Å². The molecule has 124 valence electrons. The van der Waals surface area contributed by atoms with E-state index in [1.54, 1.807) is 24.3 Å². The van der Waals surface area contributed by atoms with Gasteiger partial charge in [-0.3, -0.25) is 14.4 Å². The Bertz CT molecular complexity index is 740. The third kappa shape index (κ3) is 5.31. The predicted octanol–water partition coefficient (Wildman–Crippen LogP) is 2.33. The molecule has 2 amide bonds. The Hall–Kier alpha value is -3.02. The summed E-state index contributed by atoms with van der Waals surface area (Å²) in [7, 11) is 0. The Balaban J connectivity index is 1.78. The maximum atomic E-state index is 12.8. The van der Waals surface area contributed by atoms with Gasteiger partial charge in [-0.1, -0.05) is 12.1 Å². The molecule has 2 aromatic carbocycles. The van der Waals surface area contributed by atoms with Crippen molar-refractivity contribution >= 4 is 23.3 Å². The lowest BCUT2D eigenvalue weighted by Gasteiger charge is -2.07. The summed E-state index contributed by atoms with van der Waals surface area (Å²) in [4.78, 5) is 34.7. The van der Waals surface area contributed by atoms with E-state index < -0.39 is 0 Å². The van der Waals surface area contributed by atoms with Crippen LogP contribution in [0.15, 0.2) is 48.5 Å². The molecule has 6 heteroatoms. The summed E-state index contributed by atoms with van der Waals surface area (Å²) in [5, 5.41) is 5.12. The van der Waals surface area contributed by atoms with Gasteiger partial charge in [0.2, 0.25) is 11.8 Å². The van der Waals surface area contributed by atoms with Crippen molar-refractivity contribution in [2.24, 2.45) is 0 Å². The SMILES string of the molecule is CC(=O)c1ccc(NC(=O)CNC(=O)Cc2ccc(F)cc2)cc1. The number of halogens is 1. The van der Waals surface area contributed by atoms with Crippen molar-refractivity contribution in [1.82, 2.24) is 5.32 Å². The topological polar surface area (TPSA) is 75.3 Å². The van der Waals surface area contributed by atoms with Crippen LogP contribution in [0.2, 0.25) is 0 Å². The zero-order valence-electron chi connectivity index (χ0n) is 13.1. The van der Waals surface area contributed by atoms with Gasteiger partial charge >= 0.3 is 0 Å². The summed E-state index contributed by atoms with van der Waals surface area (Å²) >= 11 is 0. The van der Waals surface area contributed by atoms with Gasteiger partial charge < -0.3 is 10.6 Å². The molecule has 0 aliphatic heterocycles. The average Bonchev–Trinajstić information content (AvgIpc) is 2.55. The minimum atomic E-state index is -0.377. The summed E-state index contributed by atoms with van der Waals surface area (Å²) < 4.78 is 12.8. The van der Waals surface area contributed by atoms with Gasteiger partial charge in [0.15, 0.2) is 5.78 Å². The second-order valence-electron chi connectivity index (χ2n) is 5.26. The summed E-state index contributed by atoms with van der Waals surface area (Å²) in [6, 6.07) is 12.1. The normalized spacial score (nSPS) is 10.1. The van der Waals surface area contributed by atoms with E-state index >= 15 is 0 Å². The van der Waals surface area contributed by atoms with E-state index in [4.69, 9.17) is 0 Å². The number of Topliss-reactive ketones (excluding diaryl/α,β-unsaturated/α-hetero) is 1. The van der Waals surface area contributed by atoms with E-state index in [1.807, 2.05) is 0 Å². The van der Waals surface area contributed by atoms with Gasteiger partial charge in [0.25, 0.3) is 0 Å². The standard InChI is InChI=1S/C18H17FN2O3/c1-12(22)14-4-8-16(9-5-14)21-18(24)11-20-17(23)10-13-2-6-15(19)7-3-13/h2-9H,10-11H2,1H3,(H,20,23)(H,21,24). The number of amides is 2. The monoisotopic (exact) mass is 328 g/mol. The molecule has 0 aliphatic carbocycles. The molecule has 0 atom stereocenters. The van der Waals surface area contributed by atoms with Crippen LogP contribution < -0.4 is 10.6 Å². The summed E-state index contributed by atoms with van der Waals surface area (Å²) in [5.74, 6) is -1.13. The molecular weight excluding hydrogens is 311 g/mol. The average molecular weight is 328 g/mol. The van der Waals surface area contributed by atoms with Crippen LogP contribution in [-0.4, -0.2) is 24.1 Å². The maximum Gasteiger partial charge on any atom is 0.243 e. The fourth-order valence-electron chi connectivity index (χ4n) is 2.02. The highest BCUT2D eigenvalue weighted by atomic mass is 19.1. The first-order chi connectivity index (χ1) is 11.4. The molecule has 0 saturated carbocycles. The molecule has 2 rings (SSSR count). The Morgan fingerprint density at radius 2 is 1.54 bits per heavy atom. The van der Waals surface area contributed by atoms with Gasteiger partial charge in [-0.2, -0.15) is 0 Å². The van der Waals surface area contributed by atoms with Crippen LogP contribution in [0.5, 0.6) is 0 Å². The number of rotatable bonds is 6. The maximum absolute atomic E-state index is 12.8. The van der Waals surface area contributed by atoms with Gasteiger partial charge in [-0.05, 0) is 48.9 Å². The fourth-order valence-corrected chi connectivity index (χ4v) is 2.02. The molecule has 0 radical (unpaired) electrons. The van der Waals surface area contributed by atoms with Gasteiger partial charge in [-0.15, -0.1) is 0 Å². The molecule has 0 unspecified atom stereocenters. The van der Waals surface area contributed by atoms with Crippen molar-refractivity contribution in [1.29, 1.82) is 0 Å². The van der Waals surface area contributed by atoms with Gasteiger partial charge in [0, 0.05) is 11.3 Å². The highest BCUT2D eigenvalue weighted by molar-refractivity contribution is 5.97. The Morgan fingerprint density at radius 3 is 2.12 bits per heavy atom. The van der Waals surface area contributed by atoms with E-state index in [0.29, 0.717) is 16.8 Å². The van der Waals surface area contributed by atoms with E-state index in [1.165, 1.54) is 31.2 Å².